The van der Waals surface area contributed by atoms with E-state index in [1.807, 2.05) is 6.92 Å². The summed E-state index contributed by atoms with van der Waals surface area (Å²) < 4.78 is 0. The van der Waals surface area contributed by atoms with Crippen LogP contribution in [0.25, 0.3) is 0 Å². The lowest BCUT2D eigenvalue weighted by atomic mass is 10.1. The first-order valence-corrected chi connectivity index (χ1v) is 5.98. The van der Waals surface area contributed by atoms with E-state index in [-0.39, 0.29) is 18.4 Å². The fraction of sp³-hybridized carbons (Fsp3) is 0.750. The molecule has 1 aliphatic carbocycles. The quantitative estimate of drug-likeness (QED) is 0.721. The molecule has 18 heavy (non-hydrogen) atoms. The van der Waals surface area contributed by atoms with Gasteiger partial charge in [0.1, 0.15) is 0 Å². The largest absolute Gasteiger partial charge is 0.481 e. The van der Waals surface area contributed by atoms with E-state index in [1.54, 1.807) is 20.9 Å². The molecule has 2 amide bonds. The van der Waals surface area contributed by atoms with Crippen LogP contribution in [0.1, 0.15) is 20.8 Å². The lowest BCUT2D eigenvalue weighted by molar-refractivity contribution is -0.140. The number of hydrogen-bond donors (Lipinski definition) is 2. The van der Waals surface area contributed by atoms with E-state index >= 15 is 0 Å². The summed E-state index contributed by atoms with van der Waals surface area (Å²) in [6.07, 6.45) is 0. The highest BCUT2D eigenvalue weighted by atomic mass is 16.4. The van der Waals surface area contributed by atoms with E-state index in [4.69, 9.17) is 5.11 Å². The van der Waals surface area contributed by atoms with Gasteiger partial charge in [0.15, 0.2) is 0 Å². The molecule has 0 aromatic carbocycles. The average molecular weight is 256 g/mol. The summed E-state index contributed by atoms with van der Waals surface area (Å²) in [5, 5.41) is 11.5. The van der Waals surface area contributed by atoms with Crippen LogP contribution in [0.15, 0.2) is 0 Å². The Balaban J connectivity index is 2.49. The third-order valence-corrected chi connectivity index (χ3v) is 3.69. The van der Waals surface area contributed by atoms with Crippen molar-refractivity contribution in [2.75, 3.05) is 20.1 Å². The first kappa shape index (κ1) is 14.5. The molecule has 0 radical (unpaired) electrons. The molecular formula is C12H20N2O4. The molecule has 0 saturated heterocycles. The van der Waals surface area contributed by atoms with Gasteiger partial charge in [-0.1, -0.05) is 13.8 Å². The molecule has 1 fully saturated rings. The molecule has 0 unspecified atom stereocenters. The zero-order valence-electron chi connectivity index (χ0n) is 11.2. The molecule has 0 aromatic heterocycles. The van der Waals surface area contributed by atoms with Crippen LogP contribution in [0.4, 0.5) is 0 Å². The van der Waals surface area contributed by atoms with E-state index in [2.05, 4.69) is 5.32 Å². The molecule has 0 bridgehead atoms. The predicted octanol–water partition coefficient (Wildman–Crippen LogP) is -0.0623. The molecular weight excluding hydrogens is 236 g/mol. The van der Waals surface area contributed by atoms with Gasteiger partial charge in [0, 0.05) is 13.6 Å². The van der Waals surface area contributed by atoms with Crippen molar-refractivity contribution >= 4 is 17.8 Å². The monoisotopic (exact) mass is 256 g/mol. The van der Waals surface area contributed by atoms with Crippen molar-refractivity contribution < 1.29 is 19.5 Å². The van der Waals surface area contributed by atoms with Crippen LogP contribution in [0.2, 0.25) is 0 Å². The number of hydrogen-bond acceptors (Lipinski definition) is 3. The summed E-state index contributed by atoms with van der Waals surface area (Å²) in [4.78, 5) is 35.7. The Morgan fingerprint density at radius 3 is 2.22 bits per heavy atom. The van der Waals surface area contributed by atoms with Crippen molar-refractivity contribution in [2.24, 2.45) is 17.3 Å². The maximum Gasteiger partial charge on any atom is 0.307 e. The van der Waals surface area contributed by atoms with Crippen LogP contribution < -0.4 is 5.32 Å². The Hall–Kier alpha value is -1.59. The second-order valence-corrected chi connectivity index (χ2v) is 5.24. The minimum absolute atomic E-state index is 0.0813. The SMILES string of the molecule is CCN(C)C(=O)CNC(=O)[C@H]1[C@@H](C(=O)O)C1(C)C. The van der Waals surface area contributed by atoms with Crippen molar-refractivity contribution in [1.82, 2.24) is 10.2 Å². The van der Waals surface area contributed by atoms with Gasteiger partial charge < -0.3 is 15.3 Å². The number of carbonyl (C=O) groups excluding carboxylic acids is 2. The standard InChI is InChI=1S/C12H20N2O4/c1-5-14(4)7(15)6-13-10(16)8-9(11(17)18)12(8,2)3/h8-9H,5-6H2,1-4H3,(H,13,16)(H,17,18)/t8-,9+/m1/s1. The number of carboxylic acids is 1. The van der Waals surface area contributed by atoms with Crippen LogP contribution in [0, 0.1) is 17.3 Å². The Morgan fingerprint density at radius 1 is 1.28 bits per heavy atom. The van der Waals surface area contributed by atoms with E-state index < -0.39 is 23.2 Å². The topological polar surface area (TPSA) is 86.7 Å². The lowest BCUT2D eigenvalue weighted by Crippen LogP contribution is -2.39. The number of nitrogens with one attached hydrogen (secondary N) is 1. The fourth-order valence-corrected chi connectivity index (χ4v) is 2.17. The summed E-state index contributed by atoms with van der Waals surface area (Å²) in [6, 6.07) is 0. The lowest BCUT2D eigenvalue weighted by Gasteiger charge is -2.14. The van der Waals surface area contributed by atoms with Gasteiger partial charge in [0.25, 0.3) is 0 Å². The maximum absolute atomic E-state index is 11.8. The summed E-state index contributed by atoms with van der Waals surface area (Å²) in [7, 11) is 1.65. The fourth-order valence-electron chi connectivity index (χ4n) is 2.17. The van der Waals surface area contributed by atoms with Gasteiger partial charge in [0.2, 0.25) is 11.8 Å². The van der Waals surface area contributed by atoms with Crippen LogP contribution in [-0.4, -0.2) is 47.9 Å². The highest BCUT2D eigenvalue weighted by Crippen LogP contribution is 2.58. The molecule has 0 heterocycles. The van der Waals surface area contributed by atoms with Gasteiger partial charge >= 0.3 is 5.97 Å². The Bertz CT molecular complexity index is 378. The molecule has 2 N–H and O–H groups in total. The minimum atomic E-state index is -0.961. The number of aliphatic carboxylic acids is 1. The van der Waals surface area contributed by atoms with Gasteiger partial charge in [-0.05, 0) is 12.3 Å². The number of carboxylic acid groups (broad SMARTS) is 1. The molecule has 6 heteroatoms. The minimum Gasteiger partial charge on any atom is -0.481 e. The van der Waals surface area contributed by atoms with Crippen LogP contribution in [0.5, 0.6) is 0 Å². The van der Waals surface area contributed by atoms with Gasteiger partial charge in [-0.2, -0.15) is 0 Å². The first-order valence-electron chi connectivity index (χ1n) is 5.98. The number of nitrogens with zero attached hydrogens (tertiary/aromatic N) is 1. The van der Waals surface area contributed by atoms with Crippen molar-refractivity contribution in [3.8, 4) is 0 Å². The van der Waals surface area contributed by atoms with E-state index in [0.717, 1.165) is 0 Å². The molecule has 1 rings (SSSR count). The predicted molar refractivity (Wildman–Crippen MR) is 64.7 cm³/mol. The number of rotatable bonds is 5. The molecule has 1 aliphatic rings. The van der Waals surface area contributed by atoms with E-state index in [0.29, 0.717) is 6.54 Å². The summed E-state index contributed by atoms with van der Waals surface area (Å²) in [5.41, 5.74) is -0.532. The number of amides is 2. The zero-order valence-corrected chi connectivity index (χ0v) is 11.2. The van der Waals surface area contributed by atoms with Crippen molar-refractivity contribution in [3.05, 3.63) is 0 Å². The van der Waals surface area contributed by atoms with Gasteiger partial charge in [-0.15, -0.1) is 0 Å². The number of likely N-dealkylation sites (N-methyl/N-ethyl adjacent to an activating group) is 1. The normalized spacial score (nSPS) is 24.2. The second kappa shape index (κ2) is 4.96. The van der Waals surface area contributed by atoms with Crippen molar-refractivity contribution in [3.63, 3.8) is 0 Å². The molecule has 0 aliphatic heterocycles. The third-order valence-electron chi connectivity index (χ3n) is 3.69. The number of carbonyl (C=O) groups is 3. The molecule has 0 aromatic rings. The van der Waals surface area contributed by atoms with Crippen molar-refractivity contribution in [1.29, 1.82) is 0 Å². The first-order chi connectivity index (χ1) is 8.23. The van der Waals surface area contributed by atoms with Crippen LogP contribution in [-0.2, 0) is 14.4 Å². The maximum atomic E-state index is 11.8. The molecule has 102 valence electrons. The van der Waals surface area contributed by atoms with Gasteiger partial charge in [-0.3, -0.25) is 14.4 Å². The van der Waals surface area contributed by atoms with Crippen LogP contribution in [0.3, 0.4) is 0 Å². The average Bonchev–Trinajstić information content (AvgIpc) is 2.87. The molecule has 6 nitrogen and oxygen atoms in total. The molecule has 1 saturated carbocycles. The Morgan fingerprint density at radius 2 is 1.83 bits per heavy atom. The highest BCUT2D eigenvalue weighted by Gasteiger charge is 2.65. The van der Waals surface area contributed by atoms with Gasteiger partial charge in [-0.25, -0.2) is 0 Å². The van der Waals surface area contributed by atoms with E-state index in [9.17, 15) is 14.4 Å². The molecule has 2 atom stereocenters. The summed E-state index contributed by atoms with van der Waals surface area (Å²) in [5.74, 6) is -2.70. The van der Waals surface area contributed by atoms with Gasteiger partial charge in [0.05, 0.1) is 18.4 Å². The Kier molecular flexibility index (Phi) is 3.98. The zero-order chi connectivity index (χ0) is 14.1. The summed E-state index contributed by atoms with van der Waals surface area (Å²) in [6.45, 7) is 5.82. The van der Waals surface area contributed by atoms with E-state index in [1.165, 1.54) is 4.90 Å². The van der Waals surface area contributed by atoms with Crippen LogP contribution >= 0.6 is 0 Å². The summed E-state index contributed by atoms with van der Waals surface area (Å²) >= 11 is 0. The second-order valence-electron chi connectivity index (χ2n) is 5.24. The van der Waals surface area contributed by atoms with Crippen molar-refractivity contribution in [2.45, 2.75) is 20.8 Å². The third kappa shape index (κ3) is 2.63. The molecule has 0 spiro atoms. The highest BCUT2D eigenvalue weighted by molar-refractivity contribution is 5.93. The Labute approximate surface area is 106 Å². The smallest absolute Gasteiger partial charge is 0.307 e.